The van der Waals surface area contributed by atoms with Gasteiger partial charge >= 0.3 is 6.09 Å². The molecule has 226 valence electrons. The van der Waals surface area contributed by atoms with E-state index in [2.05, 4.69) is 16.0 Å². The number of hydrogen-bond donors (Lipinski definition) is 3. The third-order valence-electron chi connectivity index (χ3n) is 7.14. The minimum atomic E-state index is -1.41. The molecule has 0 aliphatic carbocycles. The van der Waals surface area contributed by atoms with Crippen LogP contribution < -0.4 is 20.7 Å². The number of carbonyl (C=O) groups excluding carboxylic acids is 4. The number of carbonyl (C=O) groups is 4. The highest BCUT2D eigenvalue weighted by Gasteiger charge is 2.39. The first-order chi connectivity index (χ1) is 20.6. The predicted octanol–water partition coefficient (Wildman–Crippen LogP) is 4.12. The number of likely N-dealkylation sites (tertiary alicyclic amines) is 1. The van der Waals surface area contributed by atoms with Gasteiger partial charge in [-0.05, 0) is 36.6 Å². The number of fused-ring (bicyclic) bond motifs is 1. The van der Waals surface area contributed by atoms with Crippen molar-refractivity contribution in [3.05, 3.63) is 75.7 Å². The van der Waals surface area contributed by atoms with Crippen LogP contribution in [0.3, 0.4) is 0 Å². The molecule has 0 radical (unpaired) electrons. The fourth-order valence-electron chi connectivity index (χ4n) is 5.01. The smallest absolute Gasteiger partial charge is 0.410 e. The van der Waals surface area contributed by atoms with Crippen LogP contribution in [0, 0.1) is 5.82 Å². The number of benzene rings is 2. The fourth-order valence-corrected chi connectivity index (χ4v) is 5.93. The summed E-state index contributed by atoms with van der Waals surface area (Å²) in [4.78, 5) is 52.2. The van der Waals surface area contributed by atoms with E-state index in [-0.39, 0.29) is 54.7 Å². The van der Waals surface area contributed by atoms with Gasteiger partial charge in [0, 0.05) is 46.9 Å². The van der Waals surface area contributed by atoms with E-state index in [1.54, 1.807) is 23.9 Å². The number of halogens is 3. The van der Waals surface area contributed by atoms with Crippen LogP contribution in [0.5, 0.6) is 5.75 Å². The average Bonchev–Trinajstić information content (AvgIpc) is 3.72. The van der Waals surface area contributed by atoms with Crippen LogP contribution in [0.4, 0.5) is 13.6 Å². The molecule has 2 atom stereocenters. The first kappa shape index (κ1) is 30.4. The Morgan fingerprint density at radius 2 is 1.98 bits per heavy atom. The number of nitrogens with one attached hydrogen (secondary N) is 3. The summed E-state index contributed by atoms with van der Waals surface area (Å²) in [5.41, 5.74) is 1.84. The number of rotatable bonds is 9. The van der Waals surface area contributed by atoms with Crippen molar-refractivity contribution in [3.8, 4) is 5.75 Å². The molecule has 0 spiro atoms. The monoisotopic (exact) mass is 631 g/mol. The molecule has 14 heteroatoms. The minimum absolute atomic E-state index is 0.0897. The molecule has 43 heavy (non-hydrogen) atoms. The normalized spacial score (nSPS) is 17.9. The van der Waals surface area contributed by atoms with Crippen molar-refractivity contribution in [1.29, 1.82) is 0 Å². The van der Waals surface area contributed by atoms with E-state index in [1.165, 1.54) is 42.0 Å². The number of Topliss-reactive ketones (excluding diaryl/α,β-unsaturated/α-hetero) is 1. The van der Waals surface area contributed by atoms with E-state index >= 15 is 0 Å². The van der Waals surface area contributed by atoms with Crippen molar-refractivity contribution in [2.75, 3.05) is 19.0 Å². The van der Waals surface area contributed by atoms with Gasteiger partial charge in [0.25, 0.3) is 0 Å². The van der Waals surface area contributed by atoms with Gasteiger partial charge in [0.15, 0.2) is 5.78 Å². The number of aromatic nitrogens is 1. The summed E-state index contributed by atoms with van der Waals surface area (Å²) in [7, 11) is 0. The van der Waals surface area contributed by atoms with Crippen molar-refractivity contribution in [3.63, 3.8) is 0 Å². The number of ketones is 1. The van der Waals surface area contributed by atoms with Crippen LogP contribution in [0.25, 0.3) is 10.9 Å². The molecule has 0 unspecified atom stereocenters. The molecular weight excluding hydrogens is 604 g/mol. The molecule has 1 saturated heterocycles. The van der Waals surface area contributed by atoms with Gasteiger partial charge in [-0.1, -0.05) is 23.7 Å². The molecule has 1 fully saturated rings. The quantitative estimate of drug-likeness (QED) is 0.304. The fraction of sp³-hybridized carbons (Fsp3) is 0.310. The van der Waals surface area contributed by atoms with Gasteiger partial charge in [-0.3, -0.25) is 14.4 Å². The molecule has 3 heterocycles. The van der Waals surface area contributed by atoms with E-state index in [0.717, 1.165) is 16.5 Å². The van der Waals surface area contributed by atoms with Crippen LogP contribution in [0.1, 0.15) is 29.3 Å². The molecule has 0 bridgehead atoms. The Morgan fingerprint density at radius 3 is 2.72 bits per heavy atom. The maximum Gasteiger partial charge on any atom is 0.412 e. The lowest BCUT2D eigenvalue weighted by Crippen LogP contribution is -2.46. The lowest BCUT2D eigenvalue weighted by Gasteiger charge is -2.24. The third-order valence-corrected chi connectivity index (χ3v) is 8.19. The van der Waals surface area contributed by atoms with Crippen LogP contribution in [0.15, 0.2) is 53.7 Å². The maximum absolute atomic E-state index is 14.5. The predicted molar refractivity (Wildman–Crippen MR) is 158 cm³/mol. The van der Waals surface area contributed by atoms with E-state index in [9.17, 15) is 28.0 Å². The second-order valence-electron chi connectivity index (χ2n) is 10.1. The van der Waals surface area contributed by atoms with Crippen molar-refractivity contribution >= 4 is 58.0 Å². The Balaban J connectivity index is 1.28. The van der Waals surface area contributed by atoms with Gasteiger partial charge < -0.3 is 30.2 Å². The molecule has 10 nitrogen and oxygen atoms in total. The second-order valence-corrected chi connectivity index (χ2v) is 11.4. The topological polar surface area (TPSA) is 122 Å². The van der Waals surface area contributed by atoms with Gasteiger partial charge in [-0.2, -0.15) is 0 Å². The molecule has 5 rings (SSSR count). The molecular formula is C29H28ClF2N5O5S. The van der Waals surface area contributed by atoms with Crippen molar-refractivity contribution in [2.24, 2.45) is 0 Å². The molecule has 2 aliphatic rings. The van der Waals surface area contributed by atoms with Gasteiger partial charge in [-0.15, -0.1) is 11.8 Å². The standard InChI is InChI=1S/C29H28ClF2N5O5S/c1-16(38)22-12-36(24-6-5-20(8-21(22)24)42-29(41)34-10-19-14-43-15-35-19)13-26(39)37-11-18(31)7-25(37)28(40)33-9-17-3-2-4-23(30)27(17)32/h2-6,8,12,14,18,25,35H,7,9-11,13,15H2,1H3,(H,33,40)(H,34,41)/t18-,25+/m1/s1. The first-order valence-electron chi connectivity index (χ1n) is 13.4. The van der Waals surface area contributed by atoms with Crippen LogP contribution in [-0.4, -0.2) is 64.3 Å². The third kappa shape index (κ3) is 6.94. The lowest BCUT2D eigenvalue weighted by molar-refractivity contribution is -0.139. The number of nitrogens with zero attached hydrogens (tertiary/aromatic N) is 2. The lowest BCUT2D eigenvalue weighted by atomic mass is 10.1. The number of amides is 3. The van der Waals surface area contributed by atoms with Gasteiger partial charge in [0.1, 0.15) is 30.3 Å². The van der Waals surface area contributed by atoms with E-state index < -0.39 is 35.9 Å². The zero-order valence-electron chi connectivity index (χ0n) is 23.0. The number of ether oxygens (including phenoxy) is 1. The molecule has 1 aromatic heterocycles. The SMILES string of the molecule is CC(=O)c1cn(CC(=O)N2C[C@H](F)C[C@H]2C(=O)NCc2cccc(Cl)c2F)c2ccc(OC(=O)NCC3=CSCN3)cc12. The number of thioether (sulfide) groups is 1. The Morgan fingerprint density at radius 1 is 1.16 bits per heavy atom. The van der Waals surface area contributed by atoms with Crippen molar-refractivity contribution in [1.82, 2.24) is 25.4 Å². The minimum Gasteiger partial charge on any atom is -0.410 e. The van der Waals surface area contributed by atoms with Gasteiger partial charge in [-0.25, -0.2) is 13.6 Å². The zero-order valence-corrected chi connectivity index (χ0v) is 24.6. The van der Waals surface area contributed by atoms with Crippen LogP contribution in [0.2, 0.25) is 5.02 Å². The number of hydrogen-bond acceptors (Lipinski definition) is 7. The molecule has 3 amide bonds. The molecule has 0 saturated carbocycles. The van der Waals surface area contributed by atoms with E-state index in [4.69, 9.17) is 16.3 Å². The highest BCUT2D eigenvalue weighted by Crippen LogP contribution is 2.28. The summed E-state index contributed by atoms with van der Waals surface area (Å²) in [5, 5.41) is 10.6. The summed E-state index contributed by atoms with van der Waals surface area (Å²) in [6.07, 6.45) is -0.780. The molecule has 2 aliphatic heterocycles. The summed E-state index contributed by atoms with van der Waals surface area (Å²) < 4.78 is 35.6. The molecule has 3 N–H and O–H groups in total. The average molecular weight is 632 g/mol. The van der Waals surface area contributed by atoms with Gasteiger partial charge in [0.2, 0.25) is 11.8 Å². The Bertz CT molecular complexity index is 1630. The summed E-state index contributed by atoms with van der Waals surface area (Å²) in [6.45, 7) is 0.918. The summed E-state index contributed by atoms with van der Waals surface area (Å²) in [5.74, 6) is -1.15. The van der Waals surface area contributed by atoms with Gasteiger partial charge in [0.05, 0.1) is 24.0 Å². The van der Waals surface area contributed by atoms with Crippen molar-refractivity contribution < 1.29 is 32.7 Å². The summed E-state index contributed by atoms with van der Waals surface area (Å²) in [6, 6.07) is 7.99. The van der Waals surface area contributed by atoms with Crippen LogP contribution >= 0.6 is 23.4 Å². The molecule has 2 aromatic carbocycles. The van der Waals surface area contributed by atoms with E-state index in [0.29, 0.717) is 16.5 Å². The largest absolute Gasteiger partial charge is 0.412 e. The Labute approximate surface area is 254 Å². The highest BCUT2D eigenvalue weighted by atomic mass is 35.5. The zero-order chi connectivity index (χ0) is 30.7. The number of alkyl halides is 1. The van der Waals surface area contributed by atoms with Crippen LogP contribution in [-0.2, 0) is 22.7 Å². The second kappa shape index (κ2) is 13.0. The van der Waals surface area contributed by atoms with Crippen molar-refractivity contribution in [2.45, 2.75) is 38.6 Å². The Hall–Kier alpha value is -4.10. The summed E-state index contributed by atoms with van der Waals surface area (Å²) >= 11 is 7.38. The molecule has 3 aromatic rings. The Kier molecular flexibility index (Phi) is 9.21. The van der Waals surface area contributed by atoms with E-state index in [1.807, 2.05) is 5.41 Å². The highest BCUT2D eigenvalue weighted by molar-refractivity contribution is 8.02. The first-order valence-corrected chi connectivity index (χ1v) is 14.8. The maximum atomic E-state index is 14.5.